The molecule has 0 saturated carbocycles. The summed E-state index contributed by atoms with van der Waals surface area (Å²) in [5.74, 6) is -0.423. The normalized spacial score (nSPS) is 16.4. The van der Waals surface area contributed by atoms with Crippen molar-refractivity contribution in [2.75, 3.05) is 10.6 Å². The Balaban J connectivity index is 1.66. The zero-order valence-electron chi connectivity index (χ0n) is 11.8. The van der Waals surface area contributed by atoms with Crippen LogP contribution >= 0.6 is 35.0 Å². The van der Waals surface area contributed by atoms with Crippen LogP contribution in [0.2, 0.25) is 10.0 Å². The molecule has 0 bridgehead atoms. The van der Waals surface area contributed by atoms with Crippen LogP contribution in [0.5, 0.6) is 0 Å². The Kier molecular flexibility index (Phi) is 4.80. The number of carbonyl (C=O) groups excluding carboxylic acids is 2. The van der Waals surface area contributed by atoms with Crippen LogP contribution in [0.25, 0.3) is 0 Å². The minimum absolute atomic E-state index is 0.0745. The largest absolute Gasteiger partial charge is 0.326 e. The fourth-order valence-corrected chi connectivity index (χ4v) is 3.59. The zero-order valence-corrected chi connectivity index (χ0v) is 14.1. The molecule has 0 aliphatic carbocycles. The number of para-hydroxylation sites is 1. The second-order valence-electron chi connectivity index (χ2n) is 4.97. The van der Waals surface area contributed by atoms with Crippen molar-refractivity contribution in [3.63, 3.8) is 0 Å². The van der Waals surface area contributed by atoms with Crippen LogP contribution in [-0.4, -0.2) is 17.1 Å². The van der Waals surface area contributed by atoms with Gasteiger partial charge in [0.1, 0.15) is 0 Å². The molecular formula is C16H12Cl2N2O2S. The number of nitrogens with one attached hydrogen (secondary N) is 2. The maximum Gasteiger partial charge on any atom is 0.238 e. The second kappa shape index (κ2) is 6.83. The molecule has 2 aromatic rings. The summed E-state index contributed by atoms with van der Waals surface area (Å²) in [6.45, 7) is 0. The lowest BCUT2D eigenvalue weighted by molar-refractivity contribution is -0.120. The number of hydrogen-bond acceptors (Lipinski definition) is 3. The average molecular weight is 367 g/mol. The van der Waals surface area contributed by atoms with E-state index in [0.29, 0.717) is 15.7 Å². The highest BCUT2D eigenvalue weighted by molar-refractivity contribution is 8.01. The molecule has 1 atom stereocenters. The van der Waals surface area contributed by atoms with Gasteiger partial charge in [-0.3, -0.25) is 9.59 Å². The van der Waals surface area contributed by atoms with Crippen molar-refractivity contribution in [1.29, 1.82) is 0 Å². The number of benzene rings is 2. The van der Waals surface area contributed by atoms with Gasteiger partial charge in [0.05, 0.1) is 21.0 Å². The van der Waals surface area contributed by atoms with E-state index in [-0.39, 0.29) is 18.2 Å². The van der Waals surface area contributed by atoms with E-state index in [4.69, 9.17) is 23.2 Å². The predicted molar refractivity (Wildman–Crippen MR) is 94.4 cm³/mol. The fourth-order valence-electron chi connectivity index (χ4n) is 2.18. The average Bonchev–Trinajstić information content (AvgIpc) is 2.51. The molecule has 0 radical (unpaired) electrons. The third kappa shape index (κ3) is 3.80. The van der Waals surface area contributed by atoms with Gasteiger partial charge in [-0.05, 0) is 30.3 Å². The minimum Gasteiger partial charge on any atom is -0.326 e. The first-order valence-corrected chi connectivity index (χ1v) is 8.48. The van der Waals surface area contributed by atoms with E-state index in [1.54, 1.807) is 18.2 Å². The lowest BCUT2D eigenvalue weighted by Gasteiger charge is -2.23. The van der Waals surface area contributed by atoms with Crippen molar-refractivity contribution in [1.82, 2.24) is 0 Å². The lowest BCUT2D eigenvalue weighted by atomic mass is 10.2. The highest BCUT2D eigenvalue weighted by atomic mass is 35.5. The van der Waals surface area contributed by atoms with Gasteiger partial charge < -0.3 is 10.6 Å². The summed E-state index contributed by atoms with van der Waals surface area (Å²) < 4.78 is 0. The summed E-state index contributed by atoms with van der Waals surface area (Å²) in [5, 5.41) is 5.86. The Morgan fingerprint density at radius 3 is 2.74 bits per heavy atom. The standard InChI is InChI=1S/C16H12Cl2N2O2S/c17-10-6-5-9(7-11(10)18)19-15(21)8-14-16(22)20-12-3-1-2-4-13(12)23-14/h1-7,14H,8H2,(H,19,21)(H,20,22)/t14-/m1/s1. The van der Waals surface area contributed by atoms with Crippen molar-refractivity contribution >= 4 is 58.2 Å². The molecule has 0 aromatic heterocycles. The molecule has 4 nitrogen and oxygen atoms in total. The van der Waals surface area contributed by atoms with Gasteiger partial charge >= 0.3 is 0 Å². The lowest BCUT2D eigenvalue weighted by Crippen LogP contribution is -2.32. The highest BCUT2D eigenvalue weighted by Crippen LogP contribution is 2.36. The molecule has 118 valence electrons. The highest BCUT2D eigenvalue weighted by Gasteiger charge is 2.28. The Morgan fingerprint density at radius 2 is 1.96 bits per heavy atom. The van der Waals surface area contributed by atoms with Crippen LogP contribution in [0.4, 0.5) is 11.4 Å². The predicted octanol–water partition coefficient (Wildman–Crippen LogP) is 4.44. The first kappa shape index (κ1) is 16.2. The molecule has 0 unspecified atom stereocenters. The van der Waals surface area contributed by atoms with E-state index in [1.165, 1.54) is 11.8 Å². The first-order valence-electron chi connectivity index (χ1n) is 6.84. The summed E-state index contributed by atoms with van der Waals surface area (Å²) in [4.78, 5) is 25.2. The monoisotopic (exact) mass is 366 g/mol. The molecule has 7 heteroatoms. The quantitative estimate of drug-likeness (QED) is 0.844. The molecule has 2 N–H and O–H groups in total. The van der Waals surface area contributed by atoms with Gasteiger partial charge in [-0.1, -0.05) is 35.3 Å². The van der Waals surface area contributed by atoms with Gasteiger partial charge in [0.15, 0.2) is 0 Å². The summed E-state index contributed by atoms with van der Waals surface area (Å²) in [6, 6.07) is 12.4. The number of hydrogen-bond donors (Lipinski definition) is 2. The molecule has 0 spiro atoms. The Hall–Kier alpha value is -1.69. The van der Waals surface area contributed by atoms with Gasteiger partial charge in [-0.2, -0.15) is 0 Å². The van der Waals surface area contributed by atoms with E-state index in [1.807, 2.05) is 24.3 Å². The molecule has 0 saturated heterocycles. The van der Waals surface area contributed by atoms with Gasteiger partial charge in [0.2, 0.25) is 11.8 Å². The third-order valence-electron chi connectivity index (χ3n) is 3.28. The molecule has 1 aliphatic rings. The number of halogens is 2. The van der Waals surface area contributed by atoms with Gasteiger partial charge in [-0.25, -0.2) is 0 Å². The molecule has 2 amide bonds. The van der Waals surface area contributed by atoms with Crippen LogP contribution in [0.15, 0.2) is 47.4 Å². The molecule has 23 heavy (non-hydrogen) atoms. The molecule has 2 aromatic carbocycles. The van der Waals surface area contributed by atoms with Crippen molar-refractivity contribution in [2.45, 2.75) is 16.6 Å². The van der Waals surface area contributed by atoms with Crippen molar-refractivity contribution in [3.05, 3.63) is 52.5 Å². The molecule has 3 rings (SSSR count). The topological polar surface area (TPSA) is 58.2 Å². The Morgan fingerprint density at radius 1 is 1.17 bits per heavy atom. The minimum atomic E-state index is -0.465. The summed E-state index contributed by atoms with van der Waals surface area (Å²) >= 11 is 13.1. The Bertz CT molecular complexity index is 782. The summed E-state index contributed by atoms with van der Waals surface area (Å²) in [6.07, 6.45) is 0.0745. The number of fused-ring (bicyclic) bond motifs is 1. The number of thioether (sulfide) groups is 1. The van der Waals surface area contributed by atoms with E-state index >= 15 is 0 Å². The van der Waals surface area contributed by atoms with Crippen molar-refractivity contribution in [2.24, 2.45) is 0 Å². The number of rotatable bonds is 3. The van der Waals surface area contributed by atoms with Gasteiger partial charge in [-0.15, -0.1) is 11.8 Å². The summed E-state index contributed by atoms with van der Waals surface area (Å²) in [5.41, 5.74) is 1.33. The SMILES string of the molecule is O=C(C[C@H]1Sc2ccccc2NC1=O)Nc1ccc(Cl)c(Cl)c1. The van der Waals surface area contributed by atoms with Gasteiger partial charge in [0, 0.05) is 17.0 Å². The Labute approximate surface area is 147 Å². The fraction of sp³-hybridized carbons (Fsp3) is 0.125. The smallest absolute Gasteiger partial charge is 0.238 e. The van der Waals surface area contributed by atoms with Gasteiger partial charge in [0.25, 0.3) is 0 Å². The van der Waals surface area contributed by atoms with Crippen LogP contribution in [0.3, 0.4) is 0 Å². The molecular weight excluding hydrogens is 355 g/mol. The van der Waals surface area contributed by atoms with Crippen molar-refractivity contribution < 1.29 is 9.59 Å². The van der Waals surface area contributed by atoms with Crippen LogP contribution in [0.1, 0.15) is 6.42 Å². The van der Waals surface area contributed by atoms with Crippen LogP contribution < -0.4 is 10.6 Å². The maximum atomic E-state index is 12.2. The van der Waals surface area contributed by atoms with Crippen LogP contribution in [-0.2, 0) is 9.59 Å². The first-order chi connectivity index (χ1) is 11.0. The molecule has 1 heterocycles. The summed E-state index contributed by atoms with van der Waals surface area (Å²) in [7, 11) is 0. The van der Waals surface area contributed by atoms with Crippen LogP contribution in [0, 0.1) is 0 Å². The van der Waals surface area contributed by atoms with E-state index in [2.05, 4.69) is 10.6 Å². The maximum absolute atomic E-state index is 12.2. The van der Waals surface area contributed by atoms with Crippen molar-refractivity contribution in [3.8, 4) is 0 Å². The van der Waals surface area contributed by atoms with E-state index in [9.17, 15) is 9.59 Å². The zero-order chi connectivity index (χ0) is 16.4. The molecule has 1 aliphatic heterocycles. The number of anilines is 2. The third-order valence-corrected chi connectivity index (χ3v) is 5.29. The van der Waals surface area contributed by atoms with E-state index < -0.39 is 5.25 Å². The second-order valence-corrected chi connectivity index (χ2v) is 7.03. The number of carbonyl (C=O) groups is 2. The van der Waals surface area contributed by atoms with E-state index in [0.717, 1.165) is 10.6 Å². The number of amides is 2. The molecule has 0 fully saturated rings.